The van der Waals surface area contributed by atoms with Crippen molar-refractivity contribution in [3.63, 3.8) is 0 Å². The van der Waals surface area contributed by atoms with Crippen molar-refractivity contribution in [3.8, 4) is 0 Å². The van der Waals surface area contributed by atoms with E-state index in [2.05, 4.69) is 7.05 Å². The van der Waals surface area contributed by atoms with Gasteiger partial charge in [-0.2, -0.15) is 0 Å². The van der Waals surface area contributed by atoms with Gasteiger partial charge in [0.05, 0.1) is 25.1 Å². The van der Waals surface area contributed by atoms with Gasteiger partial charge < -0.3 is 9.22 Å². The number of hydrogen-bond acceptors (Lipinski definition) is 3. The highest BCUT2D eigenvalue weighted by molar-refractivity contribution is 7.12. The number of likely N-dealkylation sites (N-methyl/N-ethyl adjacent to an activating group) is 1. The van der Waals surface area contributed by atoms with Crippen LogP contribution >= 0.6 is 11.3 Å². The maximum absolute atomic E-state index is 11.9. The van der Waals surface area contributed by atoms with Crippen LogP contribution in [0, 0.1) is 0 Å². The van der Waals surface area contributed by atoms with E-state index in [4.69, 9.17) is 4.74 Å². The van der Waals surface area contributed by atoms with Crippen molar-refractivity contribution in [2.45, 2.75) is 0 Å². The molecule has 1 aliphatic rings. The Morgan fingerprint density at radius 1 is 1.53 bits per heavy atom. The Morgan fingerprint density at radius 3 is 2.87 bits per heavy atom. The van der Waals surface area contributed by atoms with Gasteiger partial charge in [0.1, 0.15) is 19.6 Å². The van der Waals surface area contributed by atoms with Crippen molar-refractivity contribution in [2.75, 3.05) is 39.9 Å². The Labute approximate surface area is 93.9 Å². The molecule has 0 atom stereocenters. The Balaban J connectivity index is 1.98. The number of nitrogens with zero attached hydrogens (tertiary/aromatic N) is 1. The maximum Gasteiger partial charge on any atom is 0.226 e. The summed E-state index contributed by atoms with van der Waals surface area (Å²) in [7, 11) is 2.13. The third-order valence-electron chi connectivity index (χ3n) is 2.87. The first-order valence-electron chi connectivity index (χ1n) is 5.18. The van der Waals surface area contributed by atoms with Gasteiger partial charge in [0.15, 0.2) is 0 Å². The van der Waals surface area contributed by atoms with Crippen LogP contribution in [0.5, 0.6) is 0 Å². The average Bonchev–Trinajstić information content (AvgIpc) is 2.70. The molecule has 2 rings (SSSR count). The van der Waals surface area contributed by atoms with Crippen LogP contribution in [-0.2, 0) is 4.74 Å². The molecule has 1 saturated heterocycles. The first kappa shape index (κ1) is 10.8. The smallest absolute Gasteiger partial charge is 0.226 e. The van der Waals surface area contributed by atoms with Crippen molar-refractivity contribution in [1.82, 2.24) is 0 Å². The number of ether oxygens (including phenoxy) is 1. The number of thiophene rings is 1. The van der Waals surface area contributed by atoms with Crippen LogP contribution in [-0.4, -0.2) is 50.2 Å². The topological polar surface area (TPSA) is 26.3 Å². The largest absolute Gasteiger partial charge is 0.370 e. The van der Waals surface area contributed by atoms with Crippen molar-refractivity contribution >= 4 is 17.1 Å². The van der Waals surface area contributed by atoms with E-state index >= 15 is 0 Å². The van der Waals surface area contributed by atoms with Gasteiger partial charge in [-0.1, -0.05) is 6.07 Å². The maximum atomic E-state index is 11.9. The first-order valence-corrected chi connectivity index (χ1v) is 6.06. The molecule has 82 valence electrons. The van der Waals surface area contributed by atoms with Crippen LogP contribution in [0.3, 0.4) is 0 Å². The lowest BCUT2D eigenvalue weighted by molar-refractivity contribution is -0.908. The number of Topliss-reactive ketones (excluding diaryl/α,β-unsaturated/α-hetero) is 1. The molecule has 0 spiro atoms. The predicted octanol–water partition coefficient (Wildman–Crippen LogP) is 1.41. The van der Waals surface area contributed by atoms with E-state index in [1.54, 1.807) is 0 Å². The summed E-state index contributed by atoms with van der Waals surface area (Å²) in [6.07, 6.45) is 0. The zero-order valence-electron chi connectivity index (χ0n) is 8.94. The molecule has 1 fully saturated rings. The number of carbonyl (C=O) groups is 1. The normalized spacial score (nSPS) is 20.1. The zero-order valence-corrected chi connectivity index (χ0v) is 9.76. The number of ketones is 1. The number of hydrogen-bond donors (Lipinski definition) is 0. The summed E-state index contributed by atoms with van der Waals surface area (Å²) < 4.78 is 6.13. The van der Waals surface area contributed by atoms with Gasteiger partial charge in [-0.05, 0) is 11.4 Å². The van der Waals surface area contributed by atoms with Crippen LogP contribution in [0.25, 0.3) is 0 Å². The highest BCUT2D eigenvalue weighted by Crippen LogP contribution is 2.14. The highest BCUT2D eigenvalue weighted by atomic mass is 32.1. The molecule has 0 saturated carbocycles. The van der Waals surface area contributed by atoms with Crippen LogP contribution in [0.1, 0.15) is 9.67 Å². The molecule has 0 N–H and O–H groups in total. The van der Waals surface area contributed by atoms with Crippen molar-refractivity contribution in [2.24, 2.45) is 0 Å². The van der Waals surface area contributed by atoms with Gasteiger partial charge in [-0.15, -0.1) is 11.3 Å². The second-order valence-corrected chi connectivity index (χ2v) is 5.19. The minimum atomic E-state index is 0.259. The molecule has 15 heavy (non-hydrogen) atoms. The molecule has 0 amide bonds. The van der Waals surface area contributed by atoms with Crippen LogP contribution in [0.4, 0.5) is 0 Å². The SMILES string of the molecule is C[N+]1(CC(=O)c2cccs2)CCOCC1. The van der Waals surface area contributed by atoms with Gasteiger partial charge in [-0.25, -0.2) is 0 Å². The van der Waals surface area contributed by atoms with E-state index in [1.165, 1.54) is 11.3 Å². The summed E-state index contributed by atoms with van der Waals surface area (Å²) in [6, 6.07) is 3.83. The Morgan fingerprint density at radius 2 is 2.27 bits per heavy atom. The summed E-state index contributed by atoms with van der Waals surface area (Å²) in [4.78, 5) is 12.8. The molecule has 0 aliphatic carbocycles. The monoisotopic (exact) mass is 226 g/mol. The molecule has 1 aromatic rings. The number of quaternary nitrogens is 1. The van der Waals surface area contributed by atoms with Gasteiger partial charge >= 0.3 is 0 Å². The second-order valence-electron chi connectivity index (χ2n) is 4.24. The third kappa shape index (κ3) is 2.65. The van der Waals surface area contributed by atoms with Gasteiger partial charge in [-0.3, -0.25) is 4.79 Å². The Kier molecular flexibility index (Phi) is 3.19. The van der Waals surface area contributed by atoms with Crippen molar-refractivity contribution < 1.29 is 14.0 Å². The third-order valence-corrected chi connectivity index (χ3v) is 3.78. The summed E-state index contributed by atoms with van der Waals surface area (Å²) in [5, 5.41) is 1.95. The zero-order chi connectivity index (χ0) is 10.7. The van der Waals surface area contributed by atoms with E-state index in [9.17, 15) is 4.79 Å². The molecule has 4 heteroatoms. The molecular formula is C11H16NO2S+. The molecule has 0 aromatic carbocycles. The summed E-state index contributed by atoms with van der Waals surface area (Å²) in [5.41, 5.74) is 0. The van der Waals surface area contributed by atoms with Crippen LogP contribution in [0.15, 0.2) is 17.5 Å². The van der Waals surface area contributed by atoms with Gasteiger partial charge in [0.2, 0.25) is 5.78 Å². The lowest BCUT2D eigenvalue weighted by atomic mass is 10.2. The minimum absolute atomic E-state index is 0.259. The standard InChI is InChI=1S/C11H16NO2S/c1-12(4-6-14-7-5-12)9-10(13)11-3-2-8-15-11/h2-3,8H,4-7,9H2,1H3/q+1. The Bertz CT molecular complexity index is 328. The molecule has 0 radical (unpaired) electrons. The molecule has 1 aliphatic heterocycles. The van der Waals surface area contributed by atoms with E-state index in [1.807, 2.05) is 17.5 Å². The molecular weight excluding hydrogens is 210 g/mol. The van der Waals surface area contributed by atoms with Gasteiger partial charge in [0.25, 0.3) is 0 Å². The fourth-order valence-electron chi connectivity index (χ4n) is 1.80. The van der Waals surface area contributed by atoms with Gasteiger partial charge in [0, 0.05) is 0 Å². The molecule has 1 aromatic heterocycles. The summed E-state index contributed by atoms with van der Waals surface area (Å²) in [5.74, 6) is 0.259. The quantitative estimate of drug-likeness (QED) is 0.575. The number of rotatable bonds is 3. The van der Waals surface area contributed by atoms with E-state index in [0.717, 1.165) is 35.7 Å². The lowest BCUT2D eigenvalue weighted by Crippen LogP contribution is -2.54. The summed E-state index contributed by atoms with van der Waals surface area (Å²) >= 11 is 1.53. The minimum Gasteiger partial charge on any atom is -0.370 e. The molecule has 0 unspecified atom stereocenters. The molecule has 0 bridgehead atoms. The van der Waals surface area contributed by atoms with Crippen LogP contribution in [0.2, 0.25) is 0 Å². The van der Waals surface area contributed by atoms with E-state index in [-0.39, 0.29) is 5.78 Å². The second kappa shape index (κ2) is 4.43. The van der Waals surface area contributed by atoms with Crippen molar-refractivity contribution in [1.29, 1.82) is 0 Å². The average molecular weight is 226 g/mol. The highest BCUT2D eigenvalue weighted by Gasteiger charge is 2.28. The lowest BCUT2D eigenvalue weighted by Gasteiger charge is -2.36. The van der Waals surface area contributed by atoms with Crippen LogP contribution < -0.4 is 0 Å². The summed E-state index contributed by atoms with van der Waals surface area (Å²) in [6.45, 7) is 4.03. The molecule has 3 nitrogen and oxygen atoms in total. The van der Waals surface area contributed by atoms with E-state index < -0.39 is 0 Å². The fraction of sp³-hybridized carbons (Fsp3) is 0.545. The van der Waals surface area contributed by atoms with Crippen molar-refractivity contribution in [3.05, 3.63) is 22.4 Å². The van der Waals surface area contributed by atoms with E-state index in [0.29, 0.717) is 6.54 Å². The fourth-order valence-corrected chi connectivity index (χ4v) is 2.46. The molecule has 2 heterocycles. The first-order chi connectivity index (χ1) is 7.20. The number of carbonyl (C=O) groups excluding carboxylic acids is 1. The number of morpholine rings is 1. The predicted molar refractivity (Wildman–Crippen MR) is 60.3 cm³/mol. The Hall–Kier alpha value is -0.710.